The van der Waals surface area contributed by atoms with E-state index >= 15 is 0 Å². The van der Waals surface area contributed by atoms with E-state index in [2.05, 4.69) is 5.32 Å². The van der Waals surface area contributed by atoms with Crippen molar-refractivity contribution >= 4 is 11.8 Å². The zero-order valence-electron chi connectivity index (χ0n) is 10.5. The zero-order chi connectivity index (χ0) is 12.6. The second-order valence-electron chi connectivity index (χ2n) is 4.64. The highest BCUT2D eigenvalue weighted by Gasteiger charge is 2.15. The molecular weight excluding hydrogens is 250 g/mol. The topological polar surface area (TPSA) is 54.6 Å². The van der Waals surface area contributed by atoms with E-state index in [0.717, 1.165) is 18.2 Å². The molecule has 4 nitrogen and oxygen atoms in total. The molecule has 1 aromatic heterocycles. The standard InChI is InChI=1S/C13H21NO3S/c15-12(7-14-6-11-3-5-18-10-11)8-16-9-13-2-1-4-17-13/h1-2,4,11-12,14-15H,3,5-10H2. The van der Waals surface area contributed by atoms with E-state index in [4.69, 9.17) is 9.15 Å². The molecule has 2 atom stereocenters. The number of ether oxygens (including phenoxy) is 1. The first-order chi connectivity index (χ1) is 8.84. The van der Waals surface area contributed by atoms with Crippen molar-refractivity contribution in [2.75, 3.05) is 31.2 Å². The van der Waals surface area contributed by atoms with E-state index in [1.54, 1.807) is 6.26 Å². The smallest absolute Gasteiger partial charge is 0.129 e. The predicted molar refractivity (Wildman–Crippen MR) is 72.7 cm³/mol. The van der Waals surface area contributed by atoms with Gasteiger partial charge in [0.05, 0.1) is 19.0 Å². The summed E-state index contributed by atoms with van der Waals surface area (Å²) in [4.78, 5) is 0. The third-order valence-electron chi connectivity index (χ3n) is 2.97. The normalized spacial score (nSPS) is 21.3. The Kier molecular flexibility index (Phi) is 6.07. The number of hydrogen-bond acceptors (Lipinski definition) is 5. The molecule has 0 spiro atoms. The van der Waals surface area contributed by atoms with Crippen LogP contribution in [0.1, 0.15) is 12.2 Å². The molecule has 102 valence electrons. The van der Waals surface area contributed by atoms with Gasteiger partial charge in [-0.25, -0.2) is 0 Å². The number of aliphatic hydroxyl groups excluding tert-OH is 1. The van der Waals surface area contributed by atoms with Crippen LogP contribution >= 0.6 is 11.8 Å². The molecule has 0 amide bonds. The second kappa shape index (κ2) is 7.84. The van der Waals surface area contributed by atoms with Crippen molar-refractivity contribution in [2.45, 2.75) is 19.1 Å². The van der Waals surface area contributed by atoms with Crippen LogP contribution in [0, 0.1) is 5.92 Å². The van der Waals surface area contributed by atoms with Crippen LogP contribution in [0.3, 0.4) is 0 Å². The number of aliphatic hydroxyl groups is 1. The van der Waals surface area contributed by atoms with Gasteiger partial charge >= 0.3 is 0 Å². The minimum Gasteiger partial charge on any atom is -0.467 e. The molecule has 2 unspecified atom stereocenters. The maximum absolute atomic E-state index is 9.73. The SMILES string of the molecule is OC(CNCC1CCSC1)COCc1ccco1. The van der Waals surface area contributed by atoms with Crippen molar-refractivity contribution in [2.24, 2.45) is 5.92 Å². The van der Waals surface area contributed by atoms with Crippen LogP contribution in [0.2, 0.25) is 0 Å². The van der Waals surface area contributed by atoms with Gasteiger partial charge in [0.25, 0.3) is 0 Å². The van der Waals surface area contributed by atoms with Gasteiger partial charge in [0.15, 0.2) is 0 Å². The monoisotopic (exact) mass is 271 g/mol. The highest BCUT2D eigenvalue weighted by Crippen LogP contribution is 2.22. The zero-order valence-corrected chi connectivity index (χ0v) is 11.3. The van der Waals surface area contributed by atoms with E-state index in [1.165, 1.54) is 17.9 Å². The Labute approximate surface area is 112 Å². The summed E-state index contributed by atoms with van der Waals surface area (Å²) in [6.45, 7) is 2.36. The van der Waals surface area contributed by atoms with E-state index < -0.39 is 6.10 Å². The van der Waals surface area contributed by atoms with Crippen LogP contribution in [0.15, 0.2) is 22.8 Å². The molecule has 0 aromatic carbocycles. The Morgan fingerprint density at radius 3 is 3.28 bits per heavy atom. The molecule has 1 fully saturated rings. The number of furan rings is 1. The molecule has 2 heterocycles. The summed E-state index contributed by atoms with van der Waals surface area (Å²) in [7, 11) is 0. The summed E-state index contributed by atoms with van der Waals surface area (Å²) < 4.78 is 10.5. The first-order valence-electron chi connectivity index (χ1n) is 6.41. The van der Waals surface area contributed by atoms with Gasteiger partial charge in [-0.2, -0.15) is 11.8 Å². The molecule has 0 radical (unpaired) electrons. The van der Waals surface area contributed by atoms with Crippen LogP contribution in [-0.4, -0.2) is 42.4 Å². The van der Waals surface area contributed by atoms with Gasteiger partial charge < -0.3 is 19.6 Å². The quantitative estimate of drug-likeness (QED) is 0.750. The molecule has 2 rings (SSSR count). The van der Waals surface area contributed by atoms with Gasteiger partial charge in [0, 0.05) is 6.54 Å². The third kappa shape index (κ3) is 5.02. The lowest BCUT2D eigenvalue weighted by atomic mass is 10.1. The van der Waals surface area contributed by atoms with Gasteiger partial charge in [-0.15, -0.1) is 0 Å². The summed E-state index contributed by atoms with van der Waals surface area (Å²) in [6.07, 6.45) is 2.47. The second-order valence-corrected chi connectivity index (χ2v) is 5.79. The van der Waals surface area contributed by atoms with Crippen molar-refractivity contribution in [3.05, 3.63) is 24.2 Å². The molecular formula is C13H21NO3S. The van der Waals surface area contributed by atoms with Crippen LogP contribution < -0.4 is 5.32 Å². The lowest BCUT2D eigenvalue weighted by Gasteiger charge is -2.14. The van der Waals surface area contributed by atoms with Gasteiger partial charge in [-0.05, 0) is 42.5 Å². The summed E-state index contributed by atoms with van der Waals surface area (Å²) >= 11 is 2.02. The first kappa shape index (κ1) is 13.9. The molecule has 18 heavy (non-hydrogen) atoms. The average Bonchev–Trinajstić information content (AvgIpc) is 3.01. The Bertz CT molecular complexity index is 312. The molecule has 1 aromatic rings. The molecule has 1 aliphatic heterocycles. The largest absolute Gasteiger partial charge is 0.467 e. The third-order valence-corrected chi connectivity index (χ3v) is 4.20. The summed E-state index contributed by atoms with van der Waals surface area (Å²) in [5.41, 5.74) is 0. The van der Waals surface area contributed by atoms with Gasteiger partial charge in [-0.3, -0.25) is 0 Å². The van der Waals surface area contributed by atoms with E-state index in [1.807, 2.05) is 23.9 Å². The van der Waals surface area contributed by atoms with Crippen molar-refractivity contribution in [3.63, 3.8) is 0 Å². The fraction of sp³-hybridized carbons (Fsp3) is 0.692. The van der Waals surface area contributed by atoms with Crippen LogP contribution in [0.5, 0.6) is 0 Å². The predicted octanol–water partition coefficient (Wildman–Crippen LogP) is 1.50. The number of nitrogens with one attached hydrogen (secondary N) is 1. The lowest BCUT2D eigenvalue weighted by Crippen LogP contribution is -2.33. The van der Waals surface area contributed by atoms with E-state index in [0.29, 0.717) is 19.8 Å². The number of thioether (sulfide) groups is 1. The van der Waals surface area contributed by atoms with Crippen LogP contribution in [0.4, 0.5) is 0 Å². The Hall–Kier alpha value is -0.490. The Morgan fingerprint density at radius 2 is 2.56 bits per heavy atom. The number of hydrogen-bond donors (Lipinski definition) is 2. The maximum Gasteiger partial charge on any atom is 0.129 e. The van der Waals surface area contributed by atoms with Gasteiger partial charge in [-0.1, -0.05) is 0 Å². The fourth-order valence-electron chi connectivity index (χ4n) is 1.95. The lowest BCUT2D eigenvalue weighted by molar-refractivity contribution is 0.0224. The average molecular weight is 271 g/mol. The van der Waals surface area contributed by atoms with Gasteiger partial charge in [0.1, 0.15) is 12.4 Å². The minimum absolute atomic E-state index is 0.340. The molecule has 5 heteroatoms. The summed E-state index contributed by atoms with van der Waals surface area (Å²) in [6, 6.07) is 3.69. The van der Waals surface area contributed by atoms with Crippen molar-refractivity contribution in [1.82, 2.24) is 5.32 Å². The van der Waals surface area contributed by atoms with Crippen LogP contribution in [0.25, 0.3) is 0 Å². The molecule has 1 saturated heterocycles. The first-order valence-corrected chi connectivity index (χ1v) is 7.56. The summed E-state index contributed by atoms with van der Waals surface area (Å²) in [5, 5.41) is 13.0. The minimum atomic E-state index is -0.450. The highest BCUT2D eigenvalue weighted by molar-refractivity contribution is 7.99. The van der Waals surface area contributed by atoms with E-state index in [-0.39, 0.29) is 0 Å². The number of rotatable bonds is 8. The Morgan fingerprint density at radius 1 is 1.61 bits per heavy atom. The molecule has 0 aliphatic carbocycles. The molecule has 0 saturated carbocycles. The van der Waals surface area contributed by atoms with Crippen molar-refractivity contribution in [1.29, 1.82) is 0 Å². The molecule has 2 N–H and O–H groups in total. The molecule has 1 aliphatic rings. The molecule has 0 bridgehead atoms. The fourth-order valence-corrected chi connectivity index (χ4v) is 3.23. The van der Waals surface area contributed by atoms with Crippen LogP contribution in [-0.2, 0) is 11.3 Å². The van der Waals surface area contributed by atoms with Crippen molar-refractivity contribution in [3.8, 4) is 0 Å². The van der Waals surface area contributed by atoms with E-state index in [9.17, 15) is 5.11 Å². The Balaban J connectivity index is 1.48. The maximum atomic E-state index is 9.73. The van der Waals surface area contributed by atoms with Gasteiger partial charge in [0.2, 0.25) is 0 Å². The highest BCUT2D eigenvalue weighted by atomic mass is 32.2. The summed E-state index contributed by atoms with van der Waals surface area (Å²) in [5.74, 6) is 4.09. The van der Waals surface area contributed by atoms with Crippen molar-refractivity contribution < 1.29 is 14.3 Å².